The fourth-order valence-corrected chi connectivity index (χ4v) is 2.48. The molecule has 1 atom stereocenters. The first-order valence-corrected chi connectivity index (χ1v) is 7.06. The van der Waals surface area contributed by atoms with Gasteiger partial charge in [-0.15, -0.1) is 5.10 Å². The van der Waals surface area contributed by atoms with Crippen molar-refractivity contribution in [2.75, 3.05) is 19.6 Å². The van der Waals surface area contributed by atoms with Crippen LogP contribution in [0.15, 0.2) is 6.20 Å². The van der Waals surface area contributed by atoms with Crippen molar-refractivity contribution < 1.29 is 14.7 Å². The number of rotatable bonds is 6. The highest BCUT2D eigenvalue weighted by atomic mass is 16.4. The van der Waals surface area contributed by atoms with Gasteiger partial charge in [0.25, 0.3) is 0 Å². The Labute approximate surface area is 122 Å². The standard InChI is InChI=1S/C13H21N5O3/c1-8(2)3-9(4-14)12(19)17-5-10(6-17)18-7-11(13(20)21)15-16-18/h7-10H,3-6,14H2,1-2H3,(H,20,21). The molecule has 2 rings (SSSR count). The largest absolute Gasteiger partial charge is 0.476 e. The maximum absolute atomic E-state index is 12.3. The second-order valence-electron chi connectivity index (χ2n) is 5.85. The van der Waals surface area contributed by atoms with Crippen LogP contribution in [-0.4, -0.2) is 56.5 Å². The fourth-order valence-electron chi connectivity index (χ4n) is 2.48. The van der Waals surface area contributed by atoms with Gasteiger partial charge in [0.1, 0.15) is 0 Å². The van der Waals surface area contributed by atoms with Crippen LogP contribution in [0.2, 0.25) is 0 Å². The number of carboxylic acids is 1. The van der Waals surface area contributed by atoms with E-state index in [0.717, 1.165) is 6.42 Å². The lowest BCUT2D eigenvalue weighted by Crippen LogP contribution is -2.53. The van der Waals surface area contributed by atoms with Crippen molar-refractivity contribution in [3.8, 4) is 0 Å². The molecule has 1 saturated heterocycles. The number of carbonyl (C=O) groups excluding carboxylic acids is 1. The zero-order chi connectivity index (χ0) is 15.6. The molecule has 1 fully saturated rings. The minimum Gasteiger partial charge on any atom is -0.476 e. The number of carboxylic acid groups (broad SMARTS) is 1. The van der Waals surface area contributed by atoms with Crippen LogP contribution in [0.4, 0.5) is 0 Å². The first-order valence-electron chi connectivity index (χ1n) is 7.06. The Morgan fingerprint density at radius 1 is 1.48 bits per heavy atom. The summed E-state index contributed by atoms with van der Waals surface area (Å²) in [6.45, 7) is 5.53. The summed E-state index contributed by atoms with van der Waals surface area (Å²) in [5, 5.41) is 16.2. The molecule has 116 valence electrons. The van der Waals surface area contributed by atoms with Gasteiger partial charge in [0.2, 0.25) is 5.91 Å². The van der Waals surface area contributed by atoms with Gasteiger partial charge in [-0.25, -0.2) is 9.48 Å². The predicted molar refractivity (Wildman–Crippen MR) is 74.6 cm³/mol. The summed E-state index contributed by atoms with van der Waals surface area (Å²) in [5.41, 5.74) is 5.60. The Bertz CT molecular complexity index is 522. The van der Waals surface area contributed by atoms with E-state index in [9.17, 15) is 9.59 Å². The van der Waals surface area contributed by atoms with Crippen LogP contribution >= 0.6 is 0 Å². The molecule has 21 heavy (non-hydrogen) atoms. The van der Waals surface area contributed by atoms with E-state index in [4.69, 9.17) is 10.8 Å². The topological polar surface area (TPSA) is 114 Å². The van der Waals surface area contributed by atoms with Crippen LogP contribution in [-0.2, 0) is 4.79 Å². The van der Waals surface area contributed by atoms with Gasteiger partial charge in [-0.1, -0.05) is 19.1 Å². The number of nitrogens with zero attached hydrogens (tertiary/aromatic N) is 4. The summed E-state index contributed by atoms with van der Waals surface area (Å²) in [6, 6.07) is -0.00738. The van der Waals surface area contributed by atoms with Gasteiger partial charge < -0.3 is 15.7 Å². The number of carbonyl (C=O) groups is 2. The van der Waals surface area contributed by atoms with Crippen molar-refractivity contribution in [3.05, 3.63) is 11.9 Å². The van der Waals surface area contributed by atoms with Crippen molar-refractivity contribution in [2.24, 2.45) is 17.6 Å². The van der Waals surface area contributed by atoms with E-state index in [0.29, 0.717) is 25.6 Å². The molecule has 8 heteroatoms. The number of hydrogen-bond acceptors (Lipinski definition) is 5. The summed E-state index contributed by atoms with van der Waals surface area (Å²) >= 11 is 0. The Morgan fingerprint density at radius 2 is 2.14 bits per heavy atom. The first-order chi connectivity index (χ1) is 9.92. The maximum Gasteiger partial charge on any atom is 0.358 e. The van der Waals surface area contributed by atoms with E-state index in [1.807, 2.05) is 0 Å². The molecular formula is C13H21N5O3. The Morgan fingerprint density at radius 3 is 2.62 bits per heavy atom. The predicted octanol–water partition coefficient (Wildman–Crippen LogP) is -0.0194. The van der Waals surface area contributed by atoms with Gasteiger partial charge in [0, 0.05) is 19.6 Å². The summed E-state index contributed by atoms with van der Waals surface area (Å²) < 4.78 is 1.51. The minimum absolute atomic E-state index is 0.00738. The fraction of sp³-hybridized carbons (Fsp3) is 0.692. The molecule has 0 saturated carbocycles. The summed E-state index contributed by atoms with van der Waals surface area (Å²) in [4.78, 5) is 24.8. The van der Waals surface area contributed by atoms with Gasteiger partial charge in [-0.3, -0.25) is 4.79 Å². The van der Waals surface area contributed by atoms with Crippen LogP contribution in [0.1, 0.15) is 36.8 Å². The monoisotopic (exact) mass is 295 g/mol. The number of likely N-dealkylation sites (tertiary alicyclic amines) is 1. The summed E-state index contributed by atoms with van der Waals surface area (Å²) in [7, 11) is 0. The van der Waals surface area contributed by atoms with Crippen molar-refractivity contribution >= 4 is 11.9 Å². The van der Waals surface area contributed by atoms with E-state index in [1.54, 1.807) is 4.90 Å². The summed E-state index contributed by atoms with van der Waals surface area (Å²) in [6.07, 6.45) is 2.17. The third-order valence-electron chi connectivity index (χ3n) is 3.67. The lowest BCUT2D eigenvalue weighted by atomic mass is 9.94. The first kappa shape index (κ1) is 15.4. The molecule has 3 N–H and O–H groups in total. The van der Waals surface area contributed by atoms with Gasteiger partial charge in [0.15, 0.2) is 5.69 Å². The molecule has 0 aliphatic carbocycles. The zero-order valence-corrected chi connectivity index (χ0v) is 12.3. The Hall–Kier alpha value is -1.96. The molecule has 1 aliphatic heterocycles. The Balaban J connectivity index is 1.90. The molecule has 1 aromatic rings. The quantitative estimate of drug-likeness (QED) is 0.762. The third-order valence-corrected chi connectivity index (χ3v) is 3.67. The lowest BCUT2D eigenvalue weighted by Gasteiger charge is -2.40. The molecule has 8 nitrogen and oxygen atoms in total. The van der Waals surface area contributed by atoms with E-state index < -0.39 is 5.97 Å². The molecule has 0 spiro atoms. The average molecular weight is 295 g/mol. The SMILES string of the molecule is CC(C)CC(CN)C(=O)N1CC(n2cc(C(=O)O)nn2)C1. The molecule has 0 bridgehead atoms. The lowest BCUT2D eigenvalue weighted by molar-refractivity contribution is -0.141. The van der Waals surface area contributed by atoms with E-state index in [1.165, 1.54) is 10.9 Å². The highest BCUT2D eigenvalue weighted by Gasteiger charge is 2.36. The normalized spacial score (nSPS) is 16.9. The third kappa shape index (κ3) is 3.38. The molecule has 0 aromatic carbocycles. The van der Waals surface area contributed by atoms with Crippen LogP contribution in [0, 0.1) is 11.8 Å². The van der Waals surface area contributed by atoms with E-state index in [2.05, 4.69) is 24.2 Å². The van der Waals surface area contributed by atoms with Gasteiger partial charge in [-0.05, 0) is 12.3 Å². The highest BCUT2D eigenvalue weighted by molar-refractivity contribution is 5.84. The zero-order valence-electron chi connectivity index (χ0n) is 12.3. The molecular weight excluding hydrogens is 274 g/mol. The second-order valence-corrected chi connectivity index (χ2v) is 5.85. The molecule has 2 heterocycles. The Kier molecular flexibility index (Phi) is 4.56. The van der Waals surface area contributed by atoms with Crippen LogP contribution < -0.4 is 5.73 Å². The van der Waals surface area contributed by atoms with E-state index >= 15 is 0 Å². The number of nitrogens with two attached hydrogens (primary N) is 1. The van der Waals surface area contributed by atoms with Crippen LogP contribution in [0.3, 0.4) is 0 Å². The van der Waals surface area contributed by atoms with Gasteiger partial charge in [-0.2, -0.15) is 0 Å². The number of amides is 1. The number of aromatic carboxylic acids is 1. The molecule has 1 aliphatic rings. The molecule has 1 amide bonds. The molecule has 1 unspecified atom stereocenters. The molecule has 0 radical (unpaired) electrons. The van der Waals surface area contributed by atoms with Gasteiger partial charge >= 0.3 is 5.97 Å². The van der Waals surface area contributed by atoms with Crippen molar-refractivity contribution in [1.29, 1.82) is 0 Å². The van der Waals surface area contributed by atoms with Crippen molar-refractivity contribution in [1.82, 2.24) is 19.9 Å². The molecule has 1 aromatic heterocycles. The van der Waals surface area contributed by atoms with Gasteiger partial charge in [0.05, 0.1) is 18.2 Å². The van der Waals surface area contributed by atoms with Crippen molar-refractivity contribution in [3.63, 3.8) is 0 Å². The average Bonchev–Trinajstić information content (AvgIpc) is 2.83. The maximum atomic E-state index is 12.3. The van der Waals surface area contributed by atoms with Crippen LogP contribution in [0.25, 0.3) is 0 Å². The smallest absolute Gasteiger partial charge is 0.358 e. The number of hydrogen-bond donors (Lipinski definition) is 2. The second kappa shape index (κ2) is 6.21. The van der Waals surface area contributed by atoms with E-state index in [-0.39, 0.29) is 23.6 Å². The minimum atomic E-state index is -1.10. The van der Waals surface area contributed by atoms with Crippen molar-refractivity contribution in [2.45, 2.75) is 26.3 Å². The van der Waals surface area contributed by atoms with Crippen LogP contribution in [0.5, 0.6) is 0 Å². The summed E-state index contributed by atoms with van der Waals surface area (Å²) in [5.74, 6) is -0.751. The highest BCUT2D eigenvalue weighted by Crippen LogP contribution is 2.24. The number of aromatic nitrogens is 3.